The molecule has 10 rings (SSSR count). The molecule has 2 aliphatic heterocycles. The van der Waals surface area contributed by atoms with Gasteiger partial charge in [0.05, 0.1) is 61.1 Å². The van der Waals surface area contributed by atoms with Crippen molar-refractivity contribution < 1.29 is 35.9 Å². The first-order valence-electron chi connectivity index (χ1n) is 23.4. The number of amides is 4. The maximum absolute atomic E-state index is 14.7. The molecule has 0 spiro atoms. The first-order chi connectivity index (χ1) is 33.1. The fourth-order valence-corrected chi connectivity index (χ4v) is 12.3. The standard InChI is InChI=1S/C47H56N12O8S2/c1-55-31-35(30-48-55)50-45(61)59(37-14-8-33(9-15-37)43-52-39(47(18-19-47)69(3,64)65)29-41(54-43)57-22-26-67-27-23-57)58(44(60)49-34-10-11-34)36-12-6-32(7-13-36)42-51-38(46(68(2,62)63)16-4-5-17-46)28-40(53-42)56-20-24-66-25-21-56/h6-9,12-15,28-31,34H,4-5,10-11,16-27H2,1-3H3,(H,49,60)(H,50,61). The third-order valence-corrected chi connectivity index (χ3v) is 17.8. The van der Waals surface area contributed by atoms with Crippen LogP contribution in [0.1, 0.15) is 62.8 Å². The Hall–Kier alpha value is -6.23. The van der Waals surface area contributed by atoms with Crippen LogP contribution in [0.4, 0.5) is 38.3 Å². The minimum Gasteiger partial charge on any atom is -0.378 e. The topological polar surface area (TPSA) is 227 Å². The number of hydrazine groups is 1. The van der Waals surface area contributed by atoms with Crippen molar-refractivity contribution in [3.8, 4) is 22.8 Å². The van der Waals surface area contributed by atoms with Crippen LogP contribution >= 0.6 is 0 Å². The van der Waals surface area contributed by atoms with Gasteiger partial charge < -0.3 is 29.9 Å². The SMILES string of the molecule is Cn1cc(NC(=O)N(c2ccc(-c3nc(N4CCOCC4)cc(C4(S(C)(=O)=O)CC4)n3)cc2)N(C(=O)NC2CC2)c2ccc(-c3nc(N4CCOCC4)cc(C4(S(C)(=O)=O)CCCC4)n3)cc2)cn1. The molecular weight excluding hydrogens is 925 g/mol. The van der Waals surface area contributed by atoms with Gasteiger partial charge in [-0.25, -0.2) is 46.4 Å². The number of urea groups is 2. The fourth-order valence-electron chi connectivity index (χ4n) is 9.47. The van der Waals surface area contributed by atoms with Crippen molar-refractivity contribution in [2.24, 2.45) is 7.05 Å². The second-order valence-corrected chi connectivity index (χ2v) is 23.2. The molecule has 20 nitrogen and oxygen atoms in total. The lowest BCUT2D eigenvalue weighted by Gasteiger charge is -2.35. The number of rotatable bonds is 12. The number of ether oxygens (including phenoxy) is 2. The van der Waals surface area contributed by atoms with Crippen molar-refractivity contribution in [2.45, 2.75) is 66.9 Å². The van der Waals surface area contributed by atoms with Crippen LogP contribution in [0, 0.1) is 0 Å². The molecular formula is C47H56N12O8S2. The molecule has 5 aromatic rings. The summed E-state index contributed by atoms with van der Waals surface area (Å²) in [5.74, 6) is 1.86. The largest absolute Gasteiger partial charge is 0.378 e. The highest BCUT2D eigenvalue weighted by Gasteiger charge is 2.55. The van der Waals surface area contributed by atoms with Crippen molar-refractivity contribution in [3.63, 3.8) is 0 Å². The van der Waals surface area contributed by atoms with Crippen molar-refractivity contribution in [1.29, 1.82) is 0 Å². The number of hydrogen-bond acceptors (Lipinski definition) is 15. The maximum atomic E-state index is 14.7. The number of carbonyl (C=O) groups is 2. The molecule has 3 saturated carbocycles. The Morgan fingerprint density at radius 1 is 0.652 bits per heavy atom. The van der Waals surface area contributed by atoms with Crippen LogP contribution in [0.5, 0.6) is 0 Å². The van der Waals surface area contributed by atoms with Crippen molar-refractivity contribution in [2.75, 3.05) is 90.3 Å². The second kappa shape index (κ2) is 18.3. The molecule has 2 saturated heterocycles. The van der Waals surface area contributed by atoms with E-state index in [9.17, 15) is 26.4 Å². The molecule has 0 bridgehead atoms. The molecule has 5 fully saturated rings. The van der Waals surface area contributed by atoms with E-state index in [4.69, 9.17) is 29.4 Å². The average Bonchev–Trinajstić information content (AvgIpc) is 4.26. The number of hydrogen-bond donors (Lipinski definition) is 2. The van der Waals surface area contributed by atoms with Crippen molar-refractivity contribution in [1.82, 2.24) is 35.0 Å². The van der Waals surface area contributed by atoms with E-state index in [1.165, 1.54) is 28.7 Å². The third kappa shape index (κ3) is 9.33. The van der Waals surface area contributed by atoms with Gasteiger partial charge in [-0.3, -0.25) is 4.68 Å². The Balaban J connectivity index is 1.04. The molecule has 4 amide bonds. The lowest BCUT2D eigenvalue weighted by Crippen LogP contribution is -2.56. The van der Waals surface area contributed by atoms with Gasteiger partial charge in [0, 0.05) is 81.2 Å². The van der Waals surface area contributed by atoms with Crippen molar-refractivity contribution >= 4 is 60.4 Å². The van der Waals surface area contributed by atoms with E-state index < -0.39 is 41.2 Å². The molecule has 0 atom stereocenters. The van der Waals surface area contributed by atoms with Crippen LogP contribution in [0.2, 0.25) is 0 Å². The third-order valence-electron chi connectivity index (χ3n) is 13.7. The Labute approximate surface area is 401 Å². The highest BCUT2D eigenvalue weighted by molar-refractivity contribution is 7.92. The van der Waals surface area contributed by atoms with E-state index in [0.717, 1.165) is 25.7 Å². The fraction of sp³-hybridized carbons (Fsp3) is 0.468. The van der Waals surface area contributed by atoms with Gasteiger partial charge in [-0.2, -0.15) is 15.1 Å². The summed E-state index contributed by atoms with van der Waals surface area (Å²) in [6, 6.07) is 16.1. The van der Waals surface area contributed by atoms with Crippen LogP contribution in [-0.4, -0.2) is 130 Å². The van der Waals surface area contributed by atoms with Gasteiger partial charge in [-0.1, -0.05) is 12.8 Å². The van der Waals surface area contributed by atoms with Gasteiger partial charge >= 0.3 is 12.1 Å². The Bertz CT molecular complexity index is 2960. The number of nitrogens with zero attached hydrogens (tertiary/aromatic N) is 10. The molecule has 3 aliphatic carbocycles. The van der Waals surface area contributed by atoms with E-state index in [-0.39, 0.29) is 6.04 Å². The first-order valence-corrected chi connectivity index (χ1v) is 27.1. The summed E-state index contributed by atoms with van der Waals surface area (Å²) in [7, 11) is -5.34. The number of sulfone groups is 2. The van der Waals surface area contributed by atoms with E-state index in [2.05, 4.69) is 25.5 Å². The molecule has 2 aromatic carbocycles. The Kier molecular flexibility index (Phi) is 12.3. The molecule has 5 aliphatic rings. The van der Waals surface area contributed by atoms with E-state index in [0.29, 0.717) is 141 Å². The van der Waals surface area contributed by atoms with Gasteiger partial charge in [0.15, 0.2) is 31.3 Å². The molecule has 5 heterocycles. The van der Waals surface area contributed by atoms with E-state index >= 15 is 0 Å². The number of anilines is 5. The highest BCUT2D eigenvalue weighted by atomic mass is 32.2. The second-order valence-electron chi connectivity index (χ2n) is 18.6. The summed E-state index contributed by atoms with van der Waals surface area (Å²) in [6.07, 6.45) is 10.6. The minimum atomic E-state index is -3.57. The number of nitrogens with one attached hydrogen (secondary N) is 2. The molecule has 0 unspecified atom stereocenters. The Morgan fingerprint density at radius 3 is 1.51 bits per heavy atom. The van der Waals surface area contributed by atoms with Gasteiger partial charge in [0.25, 0.3) is 0 Å². The molecule has 364 valence electrons. The normalized spacial score (nSPS) is 18.9. The van der Waals surface area contributed by atoms with Crippen LogP contribution in [0.15, 0.2) is 73.1 Å². The maximum Gasteiger partial charge on any atom is 0.346 e. The zero-order valence-electron chi connectivity index (χ0n) is 38.9. The minimum absolute atomic E-state index is 0.0795. The number of morpholine rings is 2. The van der Waals surface area contributed by atoms with E-state index in [1.54, 1.807) is 72.5 Å². The smallest absolute Gasteiger partial charge is 0.346 e. The van der Waals surface area contributed by atoms with Gasteiger partial charge in [0.2, 0.25) is 0 Å². The Morgan fingerprint density at radius 2 is 1.10 bits per heavy atom. The van der Waals surface area contributed by atoms with Crippen LogP contribution in [0.25, 0.3) is 22.8 Å². The molecule has 2 N–H and O–H groups in total. The average molecular weight is 981 g/mol. The number of aromatic nitrogens is 6. The number of benzene rings is 2. The van der Waals surface area contributed by atoms with Gasteiger partial charge in [-0.15, -0.1) is 0 Å². The molecule has 0 radical (unpaired) electrons. The number of carbonyl (C=O) groups excluding carboxylic acids is 2. The summed E-state index contributed by atoms with van der Waals surface area (Å²) in [5.41, 5.74) is 3.08. The van der Waals surface area contributed by atoms with Gasteiger partial charge in [0.1, 0.15) is 21.1 Å². The summed E-state index contributed by atoms with van der Waals surface area (Å²) in [5, 5.41) is 12.7. The van der Waals surface area contributed by atoms with E-state index in [1.807, 2.05) is 6.07 Å². The quantitative estimate of drug-likeness (QED) is 0.154. The summed E-state index contributed by atoms with van der Waals surface area (Å²) < 4.78 is 63.9. The van der Waals surface area contributed by atoms with Crippen LogP contribution in [0.3, 0.4) is 0 Å². The lowest BCUT2D eigenvalue weighted by atomic mass is 10.0. The predicted molar refractivity (Wildman–Crippen MR) is 260 cm³/mol. The molecule has 3 aromatic heterocycles. The zero-order valence-corrected chi connectivity index (χ0v) is 40.5. The number of aryl methyl sites for hydroxylation is 1. The van der Waals surface area contributed by atoms with Crippen LogP contribution < -0.4 is 30.5 Å². The summed E-state index contributed by atoms with van der Waals surface area (Å²) in [6.45, 7) is 4.37. The monoisotopic (exact) mass is 980 g/mol. The highest BCUT2D eigenvalue weighted by Crippen LogP contribution is 2.52. The molecule has 69 heavy (non-hydrogen) atoms. The summed E-state index contributed by atoms with van der Waals surface area (Å²) >= 11 is 0. The first kappa shape index (κ1) is 46.5. The summed E-state index contributed by atoms with van der Waals surface area (Å²) in [4.78, 5) is 53.1. The van der Waals surface area contributed by atoms with Crippen LogP contribution in [-0.2, 0) is 45.7 Å². The van der Waals surface area contributed by atoms with Gasteiger partial charge in [-0.05, 0) is 87.1 Å². The lowest BCUT2D eigenvalue weighted by molar-refractivity contribution is 0.122. The van der Waals surface area contributed by atoms with Crippen molar-refractivity contribution in [3.05, 3.63) is 84.4 Å². The predicted octanol–water partition coefficient (Wildman–Crippen LogP) is 5.19. The zero-order chi connectivity index (χ0) is 48.1. The molecule has 22 heteroatoms.